The summed E-state index contributed by atoms with van der Waals surface area (Å²) in [6.07, 6.45) is 1.93. The predicted molar refractivity (Wildman–Crippen MR) is 203 cm³/mol. The monoisotopic (exact) mass is 632 g/mol. The van der Waals surface area contributed by atoms with Gasteiger partial charge in [0.1, 0.15) is 17.3 Å². The topological polar surface area (TPSA) is 37.5 Å². The highest BCUT2D eigenvalue weighted by Crippen LogP contribution is 2.42. The lowest BCUT2D eigenvalue weighted by Crippen LogP contribution is -2.25. The second-order valence-corrected chi connectivity index (χ2v) is 13.4. The maximum atomic E-state index is 6.71. The van der Waals surface area contributed by atoms with Crippen LogP contribution in [0.25, 0.3) is 69.7 Å². The number of nitrogens with one attached hydrogen (secondary N) is 1. The Bertz CT molecular complexity index is 2770. The molecule has 0 saturated carbocycles. The fourth-order valence-corrected chi connectivity index (χ4v) is 8.48. The van der Waals surface area contributed by atoms with Crippen LogP contribution in [0, 0.1) is 0 Å². The van der Waals surface area contributed by atoms with E-state index in [0.29, 0.717) is 0 Å². The van der Waals surface area contributed by atoms with E-state index in [0.717, 1.165) is 55.6 Å². The van der Waals surface area contributed by atoms with E-state index in [-0.39, 0.29) is 6.17 Å². The van der Waals surface area contributed by atoms with Gasteiger partial charge in [-0.15, -0.1) is 11.3 Å². The van der Waals surface area contributed by atoms with Gasteiger partial charge in [0.15, 0.2) is 0 Å². The molecule has 4 heteroatoms. The highest BCUT2D eigenvalue weighted by atomic mass is 32.1. The van der Waals surface area contributed by atoms with Crippen molar-refractivity contribution in [1.82, 2.24) is 5.32 Å². The van der Waals surface area contributed by atoms with Gasteiger partial charge in [-0.25, -0.2) is 0 Å². The Morgan fingerprint density at radius 1 is 0.583 bits per heavy atom. The van der Waals surface area contributed by atoms with E-state index in [4.69, 9.17) is 9.41 Å². The largest absolute Gasteiger partial charge is 0.455 e. The minimum Gasteiger partial charge on any atom is -0.455 e. The van der Waals surface area contributed by atoms with E-state index in [1.165, 1.54) is 36.5 Å². The summed E-state index contributed by atoms with van der Waals surface area (Å²) in [5.74, 6) is 0. The number of aliphatic imine (C=N–C) groups is 1. The summed E-state index contributed by atoms with van der Waals surface area (Å²) < 4.78 is 9.26. The Balaban J connectivity index is 1.16. The third-order valence-corrected chi connectivity index (χ3v) is 10.7. The summed E-state index contributed by atoms with van der Waals surface area (Å²) in [4.78, 5) is 5.34. The maximum absolute atomic E-state index is 6.71. The molecule has 48 heavy (non-hydrogen) atoms. The molecule has 10 rings (SSSR count). The highest BCUT2D eigenvalue weighted by molar-refractivity contribution is 7.26. The second kappa shape index (κ2) is 10.8. The van der Waals surface area contributed by atoms with Crippen LogP contribution in [0.2, 0.25) is 0 Å². The average Bonchev–Trinajstić information content (AvgIpc) is 3.73. The molecule has 0 spiro atoms. The molecule has 1 aliphatic rings. The number of rotatable bonds is 4. The number of hydrogen-bond donors (Lipinski definition) is 1. The first-order valence-electron chi connectivity index (χ1n) is 16.2. The minimum absolute atomic E-state index is 0.265. The van der Waals surface area contributed by atoms with Crippen molar-refractivity contribution < 1.29 is 4.42 Å². The van der Waals surface area contributed by atoms with Crippen LogP contribution in [-0.4, -0.2) is 5.71 Å². The van der Waals surface area contributed by atoms with Crippen molar-refractivity contribution in [2.24, 2.45) is 4.99 Å². The van der Waals surface area contributed by atoms with E-state index in [9.17, 15) is 0 Å². The number of allylic oxidation sites excluding steroid dienone is 1. The molecule has 1 unspecified atom stereocenters. The number of nitrogens with zero attached hydrogens (tertiary/aromatic N) is 1. The number of thiophene rings is 1. The Labute approximate surface area is 281 Å². The van der Waals surface area contributed by atoms with Crippen molar-refractivity contribution in [2.75, 3.05) is 0 Å². The molecule has 9 aromatic rings. The van der Waals surface area contributed by atoms with E-state index in [2.05, 4.69) is 163 Å². The Kier molecular flexibility index (Phi) is 6.11. The molecule has 1 N–H and O–H groups in total. The summed E-state index contributed by atoms with van der Waals surface area (Å²) in [7, 11) is 0. The molecule has 0 amide bonds. The van der Waals surface area contributed by atoms with Gasteiger partial charge in [0.25, 0.3) is 0 Å². The minimum atomic E-state index is -0.265. The first-order valence-corrected chi connectivity index (χ1v) is 17.1. The molecule has 7 aromatic carbocycles. The number of furan rings is 1. The number of hydrogen-bond acceptors (Lipinski definition) is 4. The van der Waals surface area contributed by atoms with Crippen LogP contribution in [0.5, 0.6) is 0 Å². The number of benzene rings is 7. The van der Waals surface area contributed by atoms with Gasteiger partial charge in [0.2, 0.25) is 0 Å². The second-order valence-electron chi connectivity index (χ2n) is 12.3. The normalized spacial score (nSPS) is 14.9. The summed E-state index contributed by atoms with van der Waals surface area (Å²) in [5, 5.41) is 11.1. The van der Waals surface area contributed by atoms with Crippen LogP contribution in [0.15, 0.2) is 167 Å². The average molecular weight is 633 g/mol. The van der Waals surface area contributed by atoms with Crippen molar-refractivity contribution in [2.45, 2.75) is 6.17 Å². The van der Waals surface area contributed by atoms with Crippen LogP contribution < -0.4 is 5.32 Å². The molecule has 3 nitrogen and oxygen atoms in total. The zero-order chi connectivity index (χ0) is 31.6. The third kappa shape index (κ3) is 4.30. The standard InChI is InChI=1S/C44H28N2OS/c1-2-12-28(13-3-1)37-26-38(46-44(45-37)36-20-9-17-33-32-15-6-7-22-40(32)48-43(33)36)34-18-10-21-39-41(34)35-19-8-16-31(42(35)47-39)30-24-23-27-11-4-5-14-29(27)25-30/h1-26,44,46H. The molecule has 2 aromatic heterocycles. The predicted octanol–water partition coefficient (Wildman–Crippen LogP) is 11.9. The molecule has 0 radical (unpaired) electrons. The maximum Gasteiger partial charge on any atom is 0.146 e. The van der Waals surface area contributed by atoms with Crippen LogP contribution in [0.4, 0.5) is 0 Å². The zero-order valence-electron chi connectivity index (χ0n) is 25.9. The van der Waals surface area contributed by atoms with Crippen LogP contribution in [-0.2, 0) is 0 Å². The van der Waals surface area contributed by atoms with E-state index in [1.807, 2.05) is 11.3 Å². The molecule has 0 fully saturated rings. The van der Waals surface area contributed by atoms with E-state index < -0.39 is 0 Å². The lowest BCUT2D eigenvalue weighted by molar-refractivity contribution is 0.667. The lowest BCUT2D eigenvalue weighted by Gasteiger charge is -2.25. The van der Waals surface area contributed by atoms with E-state index >= 15 is 0 Å². The third-order valence-electron chi connectivity index (χ3n) is 9.51. The lowest BCUT2D eigenvalue weighted by atomic mass is 9.96. The summed E-state index contributed by atoms with van der Waals surface area (Å²) in [5.41, 5.74) is 9.34. The number of fused-ring (bicyclic) bond motifs is 7. The van der Waals surface area contributed by atoms with Gasteiger partial charge in [-0.1, -0.05) is 133 Å². The molecule has 226 valence electrons. The fraction of sp³-hybridized carbons (Fsp3) is 0.0227. The summed E-state index contributed by atoms with van der Waals surface area (Å²) >= 11 is 1.84. The van der Waals surface area contributed by atoms with E-state index in [1.54, 1.807) is 0 Å². The van der Waals surface area contributed by atoms with Crippen molar-refractivity contribution in [3.8, 4) is 11.1 Å². The quantitative estimate of drug-likeness (QED) is 0.210. The van der Waals surface area contributed by atoms with Crippen LogP contribution in [0.3, 0.4) is 0 Å². The van der Waals surface area contributed by atoms with Gasteiger partial charge in [-0.05, 0) is 46.2 Å². The molecule has 1 aliphatic heterocycles. The molecule has 0 bridgehead atoms. The smallest absolute Gasteiger partial charge is 0.146 e. The summed E-state index contributed by atoms with van der Waals surface area (Å²) in [6, 6.07) is 53.7. The van der Waals surface area contributed by atoms with Crippen molar-refractivity contribution in [3.63, 3.8) is 0 Å². The van der Waals surface area contributed by atoms with Gasteiger partial charge in [-0.3, -0.25) is 4.99 Å². The zero-order valence-corrected chi connectivity index (χ0v) is 26.7. The fourth-order valence-electron chi connectivity index (χ4n) is 7.24. The highest BCUT2D eigenvalue weighted by Gasteiger charge is 2.25. The van der Waals surface area contributed by atoms with Gasteiger partial charge in [0, 0.05) is 53.3 Å². The molecule has 0 saturated heterocycles. The van der Waals surface area contributed by atoms with Crippen molar-refractivity contribution in [3.05, 3.63) is 174 Å². The molecule has 1 atom stereocenters. The molecular weight excluding hydrogens is 605 g/mol. The molecular formula is C44H28N2OS. The van der Waals surface area contributed by atoms with Crippen LogP contribution in [0.1, 0.15) is 22.9 Å². The Hall–Kier alpha value is -5.97. The number of para-hydroxylation sites is 1. The van der Waals surface area contributed by atoms with Crippen LogP contribution >= 0.6 is 11.3 Å². The first kappa shape index (κ1) is 27.2. The van der Waals surface area contributed by atoms with Gasteiger partial charge in [0.05, 0.1) is 5.71 Å². The molecule has 0 aliphatic carbocycles. The Morgan fingerprint density at radius 3 is 2.27 bits per heavy atom. The van der Waals surface area contributed by atoms with Gasteiger partial charge < -0.3 is 9.73 Å². The van der Waals surface area contributed by atoms with Crippen molar-refractivity contribution in [1.29, 1.82) is 0 Å². The van der Waals surface area contributed by atoms with Crippen molar-refractivity contribution >= 4 is 75.6 Å². The Morgan fingerprint density at radius 2 is 1.33 bits per heavy atom. The van der Waals surface area contributed by atoms with Gasteiger partial charge >= 0.3 is 0 Å². The van der Waals surface area contributed by atoms with Gasteiger partial charge in [-0.2, -0.15) is 0 Å². The SMILES string of the molecule is C1=C(c2cccc3oc4c(-c5ccc6ccccc6c5)cccc4c23)NC(c2cccc3c2sc2ccccc23)N=C1c1ccccc1. The first-order chi connectivity index (χ1) is 23.8. The summed E-state index contributed by atoms with van der Waals surface area (Å²) in [6.45, 7) is 0. The molecule has 3 heterocycles.